The van der Waals surface area contributed by atoms with Crippen molar-refractivity contribution in [3.63, 3.8) is 0 Å². The largest absolute Gasteiger partial charge is 0.479 e. The van der Waals surface area contributed by atoms with Crippen LogP contribution in [0.5, 0.6) is 0 Å². The highest BCUT2D eigenvalue weighted by molar-refractivity contribution is 14.1. The normalized spacial score (nSPS) is 43.6. The van der Waals surface area contributed by atoms with Gasteiger partial charge in [0, 0.05) is 0 Å². The van der Waals surface area contributed by atoms with Gasteiger partial charge >= 0.3 is 5.97 Å². The highest BCUT2D eigenvalue weighted by Gasteiger charge is 2.47. The van der Waals surface area contributed by atoms with Crippen LogP contribution >= 0.6 is 23.0 Å². The van der Waals surface area contributed by atoms with Gasteiger partial charge in [0.15, 0.2) is 12.4 Å². The lowest BCUT2D eigenvalue weighted by molar-refractivity contribution is -0.263. The number of hydrogen-bond acceptors (Lipinski definition) is 6. The Morgan fingerprint density at radius 1 is 1.21 bits per heavy atom. The van der Waals surface area contributed by atoms with Crippen molar-refractivity contribution in [3.8, 4) is 0 Å². The summed E-state index contributed by atoms with van der Waals surface area (Å²) in [5, 5.41) is 36.3. The highest BCUT2D eigenvalue weighted by atomic mass is 127. The van der Waals surface area contributed by atoms with E-state index >= 15 is 0 Å². The van der Waals surface area contributed by atoms with Crippen molar-refractivity contribution >= 4 is 29.0 Å². The van der Waals surface area contributed by atoms with Gasteiger partial charge in [-0.3, -0.25) is 3.07 Å². The molecule has 7 nitrogen and oxygen atoms in total. The van der Waals surface area contributed by atoms with Crippen LogP contribution in [0.2, 0.25) is 0 Å². The second-order valence-corrected chi connectivity index (χ2v) is 3.33. The number of carboxylic acid groups (broad SMARTS) is 1. The molecule has 4 N–H and O–H groups in total. The highest BCUT2D eigenvalue weighted by Crippen LogP contribution is 2.23. The Bertz CT molecular complexity index is 220. The van der Waals surface area contributed by atoms with E-state index in [1.54, 1.807) is 0 Å². The molecule has 14 heavy (non-hydrogen) atoms. The van der Waals surface area contributed by atoms with Crippen LogP contribution in [0.1, 0.15) is 0 Å². The van der Waals surface area contributed by atoms with E-state index in [1.807, 2.05) is 0 Å². The smallest absolute Gasteiger partial charge is 0.335 e. The van der Waals surface area contributed by atoms with Crippen LogP contribution < -0.4 is 0 Å². The zero-order valence-corrected chi connectivity index (χ0v) is 8.94. The zero-order chi connectivity index (χ0) is 10.9. The number of rotatable bonds is 2. The lowest BCUT2D eigenvalue weighted by Gasteiger charge is -2.37. The molecule has 0 saturated carbocycles. The third-order valence-corrected chi connectivity index (χ3v) is 2.40. The average molecular weight is 320 g/mol. The number of hydrogen-bond donors (Lipinski definition) is 4. The van der Waals surface area contributed by atoms with Gasteiger partial charge in [0.25, 0.3) is 0 Å². The van der Waals surface area contributed by atoms with Gasteiger partial charge in [0.1, 0.15) is 41.3 Å². The monoisotopic (exact) mass is 320 g/mol. The second-order valence-electron chi connectivity index (χ2n) is 2.82. The van der Waals surface area contributed by atoms with E-state index in [-0.39, 0.29) is 0 Å². The summed E-state index contributed by atoms with van der Waals surface area (Å²) >= 11 is 1.40. The predicted octanol–water partition coefficient (Wildman–Crippen LogP) is -1.75. The van der Waals surface area contributed by atoms with Crippen molar-refractivity contribution in [2.24, 2.45) is 0 Å². The number of carboxylic acids is 1. The lowest BCUT2D eigenvalue weighted by atomic mass is 9.99. The summed E-state index contributed by atoms with van der Waals surface area (Å²) < 4.78 is 9.27. The van der Waals surface area contributed by atoms with Gasteiger partial charge < -0.3 is 25.2 Å². The van der Waals surface area contributed by atoms with Crippen LogP contribution in [0.25, 0.3) is 0 Å². The zero-order valence-electron chi connectivity index (χ0n) is 6.78. The topological polar surface area (TPSA) is 116 Å². The van der Waals surface area contributed by atoms with Gasteiger partial charge in [0.05, 0.1) is 0 Å². The molecule has 2 unspecified atom stereocenters. The van der Waals surface area contributed by atoms with Crippen LogP contribution in [-0.2, 0) is 12.6 Å². The van der Waals surface area contributed by atoms with E-state index in [0.29, 0.717) is 0 Å². The number of ether oxygens (including phenoxy) is 1. The second kappa shape index (κ2) is 4.68. The number of aliphatic carboxylic acids is 1. The molecule has 0 spiro atoms. The Labute approximate surface area is 92.9 Å². The van der Waals surface area contributed by atoms with Gasteiger partial charge in [-0.25, -0.2) is 4.79 Å². The Balaban J connectivity index is 2.78. The first kappa shape index (κ1) is 12.1. The van der Waals surface area contributed by atoms with E-state index < -0.39 is 36.7 Å². The fourth-order valence-electron chi connectivity index (χ4n) is 1.13. The van der Waals surface area contributed by atoms with Crippen molar-refractivity contribution in [2.75, 3.05) is 0 Å². The first-order valence-corrected chi connectivity index (χ1v) is 4.57. The van der Waals surface area contributed by atoms with E-state index in [4.69, 9.17) is 9.84 Å². The van der Waals surface area contributed by atoms with Crippen molar-refractivity contribution < 1.29 is 33.0 Å². The minimum absolute atomic E-state index is 1.27. The first-order chi connectivity index (χ1) is 6.49. The van der Waals surface area contributed by atoms with Gasteiger partial charge in [-0.05, 0) is 0 Å². The van der Waals surface area contributed by atoms with E-state index in [0.717, 1.165) is 0 Å². The summed E-state index contributed by atoms with van der Waals surface area (Å²) in [6.07, 6.45) is -7.63. The molecule has 82 valence electrons. The minimum atomic E-state index is -1.68. The minimum Gasteiger partial charge on any atom is -0.479 e. The molecular formula is C6H9IO7. The van der Waals surface area contributed by atoms with Gasteiger partial charge in [-0.15, -0.1) is 0 Å². The molecule has 0 aromatic rings. The molecular weight excluding hydrogens is 311 g/mol. The molecule has 1 aliphatic heterocycles. The molecule has 0 amide bonds. The van der Waals surface area contributed by atoms with Gasteiger partial charge in [-0.2, -0.15) is 0 Å². The summed E-state index contributed by atoms with van der Waals surface area (Å²) in [5.41, 5.74) is 0. The first-order valence-electron chi connectivity index (χ1n) is 3.69. The summed E-state index contributed by atoms with van der Waals surface area (Å²) in [6, 6.07) is 0. The quantitative estimate of drug-likeness (QED) is 0.446. The van der Waals surface area contributed by atoms with Crippen LogP contribution in [0, 0.1) is 0 Å². The van der Waals surface area contributed by atoms with Crippen LogP contribution in [0.4, 0.5) is 0 Å². The van der Waals surface area contributed by atoms with Crippen molar-refractivity contribution in [1.82, 2.24) is 0 Å². The molecule has 5 atom stereocenters. The lowest BCUT2D eigenvalue weighted by Crippen LogP contribution is -2.59. The third kappa shape index (κ3) is 2.15. The molecule has 1 aliphatic rings. The van der Waals surface area contributed by atoms with Crippen LogP contribution in [0.15, 0.2) is 0 Å². The number of halogens is 1. The van der Waals surface area contributed by atoms with E-state index in [2.05, 4.69) is 3.07 Å². The summed E-state index contributed by atoms with van der Waals surface area (Å²) in [4.78, 5) is 10.5. The van der Waals surface area contributed by atoms with Crippen molar-refractivity contribution in [3.05, 3.63) is 0 Å². The fraction of sp³-hybridized carbons (Fsp3) is 0.833. The summed E-state index contributed by atoms with van der Waals surface area (Å²) in [6.45, 7) is 0. The standard InChI is InChI=1S/C6H9IO7/c7-14-6-3(10)1(8)2(9)4(13-6)5(11)12/h1-4,6,8-10H,(H,11,12)/t1-,2+,3?,4?,6+/m0/s1. The number of carbonyl (C=O) groups is 1. The molecule has 0 radical (unpaired) electrons. The maximum Gasteiger partial charge on any atom is 0.335 e. The van der Waals surface area contributed by atoms with Gasteiger partial charge in [0.2, 0.25) is 0 Å². The SMILES string of the molecule is O=C(O)C1O[C@H](OI)C(O)[C@@H](O)[C@H]1O. The van der Waals surface area contributed by atoms with E-state index in [1.165, 1.54) is 23.0 Å². The van der Waals surface area contributed by atoms with Crippen LogP contribution in [0.3, 0.4) is 0 Å². The molecule has 1 heterocycles. The Kier molecular flexibility index (Phi) is 4.04. The Morgan fingerprint density at radius 2 is 1.79 bits per heavy atom. The molecule has 0 aromatic carbocycles. The summed E-state index contributed by atoms with van der Waals surface area (Å²) in [5.74, 6) is -1.43. The molecule has 1 rings (SSSR count). The molecule has 0 aromatic heterocycles. The molecule has 8 heteroatoms. The fourth-order valence-corrected chi connectivity index (χ4v) is 1.55. The maximum absolute atomic E-state index is 10.5. The Morgan fingerprint density at radius 3 is 2.21 bits per heavy atom. The van der Waals surface area contributed by atoms with Crippen LogP contribution in [-0.4, -0.2) is 57.1 Å². The molecule has 1 fully saturated rings. The average Bonchev–Trinajstić information content (AvgIpc) is 2.14. The maximum atomic E-state index is 10.5. The molecule has 0 aliphatic carbocycles. The van der Waals surface area contributed by atoms with Crippen molar-refractivity contribution in [2.45, 2.75) is 30.7 Å². The van der Waals surface area contributed by atoms with E-state index in [9.17, 15) is 20.1 Å². The number of aliphatic hydroxyl groups excluding tert-OH is 3. The van der Waals surface area contributed by atoms with Gasteiger partial charge in [-0.1, -0.05) is 0 Å². The van der Waals surface area contributed by atoms with Crippen molar-refractivity contribution in [1.29, 1.82) is 0 Å². The third-order valence-electron chi connectivity index (χ3n) is 1.90. The number of aliphatic hydroxyl groups is 3. The predicted molar refractivity (Wildman–Crippen MR) is 49.4 cm³/mol. The summed E-state index contributed by atoms with van der Waals surface area (Å²) in [7, 11) is 0. The Hall–Kier alpha value is -0.000000000000000125. The molecule has 0 bridgehead atoms. The molecule has 1 saturated heterocycles.